The van der Waals surface area contributed by atoms with Crippen molar-refractivity contribution in [3.63, 3.8) is 0 Å². The molecule has 1 amide bonds. The van der Waals surface area contributed by atoms with Crippen LogP contribution in [0.3, 0.4) is 0 Å². The molecule has 0 heterocycles. The topological polar surface area (TPSA) is 52.6 Å². The van der Waals surface area contributed by atoms with Crippen LogP contribution in [0, 0.1) is 0 Å². The highest BCUT2D eigenvalue weighted by Crippen LogP contribution is 2.32. The average molecular weight is 276 g/mol. The van der Waals surface area contributed by atoms with Crippen LogP contribution in [-0.2, 0) is 11.3 Å². The zero-order chi connectivity index (χ0) is 14.6. The van der Waals surface area contributed by atoms with Gasteiger partial charge in [0, 0.05) is 12.2 Å². The van der Waals surface area contributed by atoms with Crippen LogP contribution in [0.1, 0.15) is 37.7 Å². The van der Waals surface area contributed by atoms with E-state index in [1.165, 1.54) is 0 Å². The molecule has 1 saturated carbocycles. The number of aliphatic hydroxyl groups is 1. The maximum atomic E-state index is 12.0. The van der Waals surface area contributed by atoms with Gasteiger partial charge in [0.2, 0.25) is 5.91 Å². The Hall–Kier alpha value is -1.39. The molecular formula is C16H24N2O2. The Morgan fingerprint density at radius 2 is 2.05 bits per heavy atom. The third-order valence-electron chi connectivity index (χ3n) is 3.73. The van der Waals surface area contributed by atoms with Gasteiger partial charge in [-0.3, -0.25) is 4.79 Å². The minimum absolute atomic E-state index is 0.101. The molecule has 20 heavy (non-hydrogen) atoms. The molecule has 1 fully saturated rings. The molecule has 0 aliphatic heterocycles. The van der Waals surface area contributed by atoms with Gasteiger partial charge < -0.3 is 15.3 Å². The van der Waals surface area contributed by atoms with Crippen LogP contribution < -0.4 is 5.32 Å². The second-order valence-corrected chi connectivity index (χ2v) is 6.09. The van der Waals surface area contributed by atoms with Gasteiger partial charge in [-0.2, -0.15) is 0 Å². The fraction of sp³-hybridized carbons (Fsp3) is 0.562. The van der Waals surface area contributed by atoms with Gasteiger partial charge in [0.25, 0.3) is 0 Å². The first-order chi connectivity index (χ1) is 9.47. The van der Waals surface area contributed by atoms with Gasteiger partial charge in [-0.1, -0.05) is 25.0 Å². The lowest BCUT2D eigenvalue weighted by Gasteiger charge is -2.21. The van der Waals surface area contributed by atoms with Crippen LogP contribution >= 0.6 is 0 Å². The highest BCUT2D eigenvalue weighted by atomic mass is 16.3. The second-order valence-electron chi connectivity index (χ2n) is 6.09. The number of nitrogens with one attached hydrogen (secondary N) is 1. The van der Waals surface area contributed by atoms with E-state index < -0.39 is 5.60 Å². The first-order valence-corrected chi connectivity index (χ1v) is 7.23. The number of hydrogen-bond donors (Lipinski definition) is 2. The van der Waals surface area contributed by atoms with Gasteiger partial charge in [0.15, 0.2) is 0 Å². The van der Waals surface area contributed by atoms with E-state index in [0.29, 0.717) is 0 Å². The Kier molecular flexibility index (Phi) is 4.78. The summed E-state index contributed by atoms with van der Waals surface area (Å²) in [5.74, 6) is -0.101. The zero-order valence-electron chi connectivity index (χ0n) is 12.4. The van der Waals surface area contributed by atoms with Crippen molar-refractivity contribution in [2.45, 2.75) is 44.2 Å². The molecule has 1 aromatic rings. The molecule has 2 rings (SSSR count). The van der Waals surface area contributed by atoms with Gasteiger partial charge in [0.1, 0.15) is 0 Å². The molecule has 0 unspecified atom stereocenters. The standard InChI is InChI=1S/C16H24N2O2/c1-18(2)12-13-6-5-7-14(10-13)17-15(19)11-16(20)8-3-4-9-16/h5-7,10,20H,3-4,8-9,11-12H2,1-2H3,(H,17,19). The van der Waals surface area contributed by atoms with Crippen molar-refractivity contribution in [3.8, 4) is 0 Å². The first-order valence-electron chi connectivity index (χ1n) is 7.23. The largest absolute Gasteiger partial charge is 0.389 e. The summed E-state index contributed by atoms with van der Waals surface area (Å²) in [6.07, 6.45) is 3.71. The van der Waals surface area contributed by atoms with Crippen molar-refractivity contribution in [1.82, 2.24) is 4.90 Å². The first kappa shape index (κ1) is 15.0. The van der Waals surface area contributed by atoms with Crippen molar-refractivity contribution in [2.75, 3.05) is 19.4 Å². The van der Waals surface area contributed by atoms with E-state index in [0.717, 1.165) is 43.5 Å². The molecule has 1 aromatic carbocycles. The van der Waals surface area contributed by atoms with Gasteiger partial charge in [-0.25, -0.2) is 0 Å². The summed E-state index contributed by atoms with van der Waals surface area (Å²) in [6.45, 7) is 0.841. The molecule has 0 bridgehead atoms. The Balaban J connectivity index is 1.93. The number of amides is 1. The van der Waals surface area contributed by atoms with Gasteiger partial charge in [-0.15, -0.1) is 0 Å². The second kappa shape index (κ2) is 6.37. The van der Waals surface area contributed by atoms with Crippen molar-refractivity contribution in [2.24, 2.45) is 0 Å². The van der Waals surface area contributed by atoms with Crippen molar-refractivity contribution < 1.29 is 9.90 Å². The molecule has 1 aliphatic carbocycles. The van der Waals surface area contributed by atoms with Crippen LogP contribution in [-0.4, -0.2) is 35.6 Å². The molecule has 4 nitrogen and oxygen atoms in total. The van der Waals surface area contributed by atoms with Crippen LogP contribution in [0.4, 0.5) is 5.69 Å². The summed E-state index contributed by atoms with van der Waals surface area (Å²) in [6, 6.07) is 7.85. The quantitative estimate of drug-likeness (QED) is 0.868. The third-order valence-corrected chi connectivity index (χ3v) is 3.73. The van der Waals surface area contributed by atoms with Crippen LogP contribution in [0.15, 0.2) is 24.3 Å². The van der Waals surface area contributed by atoms with Crippen LogP contribution in [0.2, 0.25) is 0 Å². The van der Waals surface area contributed by atoms with E-state index in [2.05, 4.69) is 10.2 Å². The highest BCUT2D eigenvalue weighted by Gasteiger charge is 2.33. The highest BCUT2D eigenvalue weighted by molar-refractivity contribution is 5.91. The molecule has 110 valence electrons. The molecule has 2 N–H and O–H groups in total. The van der Waals surface area contributed by atoms with E-state index in [9.17, 15) is 9.90 Å². The fourth-order valence-electron chi connectivity index (χ4n) is 2.83. The number of hydrogen-bond acceptors (Lipinski definition) is 3. The lowest BCUT2D eigenvalue weighted by Crippen LogP contribution is -2.30. The lowest BCUT2D eigenvalue weighted by molar-refractivity contribution is -0.120. The number of anilines is 1. The smallest absolute Gasteiger partial charge is 0.227 e. The zero-order valence-corrected chi connectivity index (χ0v) is 12.4. The minimum Gasteiger partial charge on any atom is -0.389 e. The van der Waals surface area contributed by atoms with E-state index >= 15 is 0 Å². The Labute approximate surface area is 120 Å². The number of nitrogens with zero attached hydrogens (tertiary/aromatic N) is 1. The monoisotopic (exact) mass is 276 g/mol. The maximum absolute atomic E-state index is 12.0. The molecule has 0 spiro atoms. The SMILES string of the molecule is CN(C)Cc1cccc(NC(=O)CC2(O)CCCC2)c1. The maximum Gasteiger partial charge on any atom is 0.227 e. The predicted octanol–water partition coefficient (Wildman–Crippen LogP) is 2.38. The van der Waals surface area contributed by atoms with E-state index in [1.54, 1.807) is 0 Å². The minimum atomic E-state index is -0.786. The summed E-state index contributed by atoms with van der Waals surface area (Å²) < 4.78 is 0. The van der Waals surface area contributed by atoms with E-state index in [1.807, 2.05) is 38.4 Å². The Morgan fingerprint density at radius 3 is 2.70 bits per heavy atom. The summed E-state index contributed by atoms with van der Waals surface area (Å²) in [5, 5.41) is 13.1. The number of benzene rings is 1. The van der Waals surface area contributed by atoms with Gasteiger partial charge in [-0.05, 0) is 44.6 Å². The van der Waals surface area contributed by atoms with Crippen molar-refractivity contribution >= 4 is 11.6 Å². The van der Waals surface area contributed by atoms with Gasteiger partial charge >= 0.3 is 0 Å². The third kappa shape index (κ3) is 4.32. The molecule has 0 aromatic heterocycles. The molecular weight excluding hydrogens is 252 g/mol. The van der Waals surface area contributed by atoms with E-state index in [4.69, 9.17) is 0 Å². The normalized spacial score (nSPS) is 17.4. The molecule has 4 heteroatoms. The lowest BCUT2D eigenvalue weighted by atomic mass is 9.97. The average Bonchev–Trinajstić information content (AvgIpc) is 2.74. The van der Waals surface area contributed by atoms with Gasteiger partial charge in [0.05, 0.1) is 12.0 Å². The van der Waals surface area contributed by atoms with Crippen molar-refractivity contribution in [3.05, 3.63) is 29.8 Å². The Morgan fingerprint density at radius 1 is 1.35 bits per heavy atom. The van der Waals surface area contributed by atoms with Crippen LogP contribution in [0.25, 0.3) is 0 Å². The summed E-state index contributed by atoms with van der Waals surface area (Å²) in [4.78, 5) is 14.1. The number of carbonyl (C=O) groups excluding carboxylic acids is 1. The summed E-state index contributed by atoms with van der Waals surface area (Å²) >= 11 is 0. The molecule has 0 atom stereocenters. The van der Waals surface area contributed by atoms with Crippen molar-refractivity contribution in [1.29, 1.82) is 0 Å². The molecule has 0 radical (unpaired) electrons. The summed E-state index contributed by atoms with van der Waals surface area (Å²) in [5.41, 5.74) is 1.18. The number of rotatable bonds is 5. The summed E-state index contributed by atoms with van der Waals surface area (Å²) in [7, 11) is 4.03. The number of carbonyl (C=O) groups is 1. The fourth-order valence-corrected chi connectivity index (χ4v) is 2.83. The predicted molar refractivity (Wildman–Crippen MR) is 80.5 cm³/mol. The Bertz CT molecular complexity index is 465. The van der Waals surface area contributed by atoms with Crippen LogP contribution in [0.5, 0.6) is 0 Å². The van der Waals surface area contributed by atoms with E-state index in [-0.39, 0.29) is 12.3 Å². The molecule has 0 saturated heterocycles. The molecule has 1 aliphatic rings.